The first-order chi connectivity index (χ1) is 13.4. The van der Waals surface area contributed by atoms with Crippen LogP contribution >= 0.6 is 11.6 Å². The highest BCUT2D eigenvalue weighted by molar-refractivity contribution is 6.30. The molecule has 2 aliphatic heterocycles. The number of rotatable bonds is 6. The second-order valence-electron chi connectivity index (χ2n) is 6.69. The Bertz CT molecular complexity index is 743. The standard InChI is InChI=1S/C19H22ClN3O5/c20-14-1-3-15(4-2-14)28-12-7-16(24)21-8-10-22(11-9-21)19(27)13-23-17(25)5-6-18(23)26/h1-4H,5-13H2. The summed E-state index contributed by atoms with van der Waals surface area (Å²) >= 11 is 5.81. The number of hydrogen-bond acceptors (Lipinski definition) is 5. The van der Waals surface area contributed by atoms with Gasteiger partial charge < -0.3 is 14.5 Å². The molecule has 0 N–H and O–H groups in total. The van der Waals surface area contributed by atoms with Gasteiger partial charge in [-0.3, -0.25) is 24.1 Å². The predicted molar refractivity (Wildman–Crippen MR) is 101 cm³/mol. The van der Waals surface area contributed by atoms with Crippen molar-refractivity contribution in [2.24, 2.45) is 0 Å². The molecule has 0 atom stereocenters. The van der Waals surface area contributed by atoms with Crippen LogP contribution in [-0.4, -0.2) is 77.7 Å². The van der Waals surface area contributed by atoms with Crippen molar-refractivity contribution in [2.75, 3.05) is 39.3 Å². The number of imide groups is 1. The summed E-state index contributed by atoms with van der Waals surface area (Å²) < 4.78 is 5.54. The fourth-order valence-corrected chi connectivity index (χ4v) is 3.31. The maximum atomic E-state index is 12.3. The molecule has 2 aliphatic rings. The molecule has 1 aromatic rings. The molecule has 0 spiro atoms. The molecule has 150 valence electrons. The molecule has 0 aliphatic carbocycles. The quantitative estimate of drug-likeness (QED) is 0.655. The van der Waals surface area contributed by atoms with Crippen LogP contribution in [0.2, 0.25) is 5.02 Å². The number of benzene rings is 1. The number of likely N-dealkylation sites (tertiary alicyclic amines) is 1. The van der Waals surface area contributed by atoms with Crippen molar-refractivity contribution in [1.29, 1.82) is 0 Å². The zero-order valence-electron chi connectivity index (χ0n) is 15.4. The molecule has 28 heavy (non-hydrogen) atoms. The fourth-order valence-electron chi connectivity index (χ4n) is 3.18. The van der Waals surface area contributed by atoms with Crippen LogP contribution in [-0.2, 0) is 19.2 Å². The molecule has 2 heterocycles. The summed E-state index contributed by atoms with van der Waals surface area (Å²) in [5, 5.41) is 0.620. The third kappa shape index (κ3) is 5.01. The number of piperazine rings is 1. The Labute approximate surface area is 168 Å². The van der Waals surface area contributed by atoms with E-state index in [1.165, 1.54) is 0 Å². The summed E-state index contributed by atoms with van der Waals surface area (Å²) in [6.07, 6.45) is 0.590. The lowest BCUT2D eigenvalue weighted by atomic mass is 10.2. The van der Waals surface area contributed by atoms with Gasteiger partial charge in [-0.05, 0) is 24.3 Å². The van der Waals surface area contributed by atoms with Gasteiger partial charge in [-0.25, -0.2) is 0 Å². The molecule has 0 bridgehead atoms. The molecule has 1 aromatic carbocycles. The topological polar surface area (TPSA) is 87.2 Å². The molecule has 2 saturated heterocycles. The Morgan fingerprint density at radius 1 is 0.893 bits per heavy atom. The average Bonchev–Trinajstić information content (AvgIpc) is 3.01. The molecule has 3 rings (SSSR count). The van der Waals surface area contributed by atoms with Crippen LogP contribution in [0.4, 0.5) is 0 Å². The molecule has 9 heteroatoms. The molecule has 0 unspecified atom stereocenters. The van der Waals surface area contributed by atoms with Crippen LogP contribution in [0.25, 0.3) is 0 Å². The van der Waals surface area contributed by atoms with E-state index in [-0.39, 0.29) is 56.0 Å². The fraction of sp³-hybridized carbons (Fsp3) is 0.474. The molecule has 0 aromatic heterocycles. The average molecular weight is 408 g/mol. The van der Waals surface area contributed by atoms with Gasteiger partial charge in [0.25, 0.3) is 0 Å². The smallest absolute Gasteiger partial charge is 0.242 e. The zero-order chi connectivity index (χ0) is 20.1. The lowest BCUT2D eigenvalue weighted by molar-refractivity contribution is -0.147. The van der Waals surface area contributed by atoms with Crippen LogP contribution in [0.3, 0.4) is 0 Å². The van der Waals surface area contributed by atoms with E-state index in [4.69, 9.17) is 16.3 Å². The first-order valence-corrected chi connectivity index (χ1v) is 9.59. The van der Waals surface area contributed by atoms with E-state index in [0.717, 1.165) is 4.90 Å². The van der Waals surface area contributed by atoms with Crippen molar-refractivity contribution >= 4 is 35.2 Å². The van der Waals surface area contributed by atoms with Gasteiger partial charge in [0.05, 0.1) is 13.0 Å². The first-order valence-electron chi connectivity index (χ1n) is 9.21. The monoisotopic (exact) mass is 407 g/mol. The van der Waals surface area contributed by atoms with Crippen LogP contribution in [0.15, 0.2) is 24.3 Å². The molecule has 2 fully saturated rings. The number of carbonyl (C=O) groups excluding carboxylic acids is 4. The van der Waals surface area contributed by atoms with Gasteiger partial charge in [-0.15, -0.1) is 0 Å². The first kappa shape index (κ1) is 20.1. The number of amides is 4. The van der Waals surface area contributed by atoms with Gasteiger partial charge in [0, 0.05) is 44.0 Å². The Balaban J connectivity index is 1.38. The minimum Gasteiger partial charge on any atom is -0.493 e. The van der Waals surface area contributed by atoms with Gasteiger partial charge in [0.1, 0.15) is 12.3 Å². The minimum atomic E-state index is -0.298. The summed E-state index contributed by atoms with van der Waals surface area (Å²) in [5.41, 5.74) is 0. The normalized spacial score (nSPS) is 17.2. The molecule has 0 saturated carbocycles. The summed E-state index contributed by atoms with van der Waals surface area (Å²) in [6.45, 7) is 1.68. The van der Waals surface area contributed by atoms with E-state index in [0.29, 0.717) is 37.0 Å². The Morgan fingerprint density at radius 2 is 1.43 bits per heavy atom. The van der Waals surface area contributed by atoms with Crippen LogP contribution in [0, 0.1) is 0 Å². The van der Waals surface area contributed by atoms with Crippen molar-refractivity contribution < 1.29 is 23.9 Å². The molecular formula is C19H22ClN3O5. The van der Waals surface area contributed by atoms with Crippen LogP contribution < -0.4 is 4.74 Å². The van der Waals surface area contributed by atoms with Gasteiger partial charge in [0.15, 0.2) is 0 Å². The van der Waals surface area contributed by atoms with Crippen LogP contribution in [0.5, 0.6) is 5.75 Å². The van der Waals surface area contributed by atoms with Gasteiger partial charge >= 0.3 is 0 Å². The minimum absolute atomic E-state index is 0.0361. The highest BCUT2D eigenvalue weighted by Gasteiger charge is 2.32. The van der Waals surface area contributed by atoms with Crippen molar-refractivity contribution in [1.82, 2.24) is 14.7 Å². The van der Waals surface area contributed by atoms with E-state index in [1.54, 1.807) is 34.1 Å². The van der Waals surface area contributed by atoms with Crippen molar-refractivity contribution in [2.45, 2.75) is 19.3 Å². The van der Waals surface area contributed by atoms with Crippen molar-refractivity contribution in [3.63, 3.8) is 0 Å². The third-order valence-corrected chi connectivity index (χ3v) is 5.08. The summed E-state index contributed by atoms with van der Waals surface area (Å²) in [4.78, 5) is 52.2. The van der Waals surface area contributed by atoms with E-state index < -0.39 is 0 Å². The van der Waals surface area contributed by atoms with Gasteiger partial charge in [-0.2, -0.15) is 0 Å². The van der Waals surface area contributed by atoms with E-state index >= 15 is 0 Å². The highest BCUT2D eigenvalue weighted by Crippen LogP contribution is 2.16. The van der Waals surface area contributed by atoms with E-state index in [1.807, 2.05) is 0 Å². The number of ether oxygens (including phenoxy) is 1. The van der Waals surface area contributed by atoms with Crippen molar-refractivity contribution in [3.05, 3.63) is 29.3 Å². The molecule has 4 amide bonds. The van der Waals surface area contributed by atoms with Gasteiger partial charge in [-0.1, -0.05) is 11.6 Å². The number of halogens is 1. The van der Waals surface area contributed by atoms with Crippen molar-refractivity contribution in [3.8, 4) is 5.75 Å². The van der Waals surface area contributed by atoms with Gasteiger partial charge in [0.2, 0.25) is 23.6 Å². The third-order valence-electron chi connectivity index (χ3n) is 4.83. The van der Waals surface area contributed by atoms with E-state index in [2.05, 4.69) is 0 Å². The van der Waals surface area contributed by atoms with Crippen LogP contribution in [0.1, 0.15) is 19.3 Å². The summed E-state index contributed by atoms with van der Waals surface area (Å²) in [6, 6.07) is 6.93. The zero-order valence-corrected chi connectivity index (χ0v) is 16.2. The highest BCUT2D eigenvalue weighted by atomic mass is 35.5. The summed E-state index contributed by atoms with van der Waals surface area (Å²) in [7, 11) is 0. The number of hydrogen-bond donors (Lipinski definition) is 0. The van der Waals surface area contributed by atoms with E-state index in [9.17, 15) is 19.2 Å². The molecular weight excluding hydrogens is 386 g/mol. The largest absolute Gasteiger partial charge is 0.493 e. The lowest BCUT2D eigenvalue weighted by Gasteiger charge is -2.35. The Kier molecular flexibility index (Phi) is 6.51. The Morgan fingerprint density at radius 3 is 2.00 bits per heavy atom. The SMILES string of the molecule is O=C(CCOc1ccc(Cl)cc1)N1CCN(C(=O)CN2C(=O)CCC2=O)CC1. The second-order valence-corrected chi connectivity index (χ2v) is 7.12. The molecule has 8 nitrogen and oxygen atoms in total. The lowest BCUT2D eigenvalue weighted by Crippen LogP contribution is -2.53. The molecule has 0 radical (unpaired) electrons. The second kappa shape index (κ2) is 9.05. The summed E-state index contributed by atoms with van der Waals surface area (Å²) in [5.74, 6) is -0.243. The maximum absolute atomic E-state index is 12.3. The number of carbonyl (C=O) groups is 4. The Hall–Kier alpha value is -2.61. The maximum Gasteiger partial charge on any atom is 0.242 e. The number of nitrogens with zero attached hydrogens (tertiary/aromatic N) is 3. The predicted octanol–water partition coefficient (Wildman–Crippen LogP) is 0.929.